The summed E-state index contributed by atoms with van der Waals surface area (Å²) in [5, 5.41) is 8.19. The van der Waals surface area contributed by atoms with Crippen LogP contribution in [0.3, 0.4) is 0 Å². The second-order valence-corrected chi connectivity index (χ2v) is 6.97. The average Bonchev–Trinajstić information content (AvgIpc) is 3.16. The summed E-state index contributed by atoms with van der Waals surface area (Å²) in [7, 11) is 0. The van der Waals surface area contributed by atoms with E-state index in [1.54, 1.807) is 28.9 Å². The molecule has 7 nitrogen and oxygen atoms in total. The van der Waals surface area contributed by atoms with Crippen LogP contribution in [0.2, 0.25) is 5.02 Å². The van der Waals surface area contributed by atoms with Crippen LogP contribution in [0.4, 0.5) is 0 Å². The van der Waals surface area contributed by atoms with Crippen molar-refractivity contribution in [2.45, 2.75) is 13.1 Å². The van der Waals surface area contributed by atoms with Gasteiger partial charge in [-0.15, -0.1) is 0 Å². The highest BCUT2D eigenvalue weighted by molar-refractivity contribution is 6.30. The maximum Gasteiger partial charge on any atom is 0.264 e. The molecule has 0 atom stereocenters. The van der Waals surface area contributed by atoms with Gasteiger partial charge < -0.3 is 5.32 Å². The van der Waals surface area contributed by atoms with E-state index >= 15 is 0 Å². The normalized spacial score (nSPS) is 10.9. The number of nitrogens with zero attached hydrogens (tertiary/aromatic N) is 4. The highest BCUT2D eigenvalue weighted by atomic mass is 35.5. The minimum atomic E-state index is -0.162. The second-order valence-electron chi connectivity index (χ2n) is 6.53. The van der Waals surface area contributed by atoms with Gasteiger partial charge in [-0.1, -0.05) is 41.9 Å². The van der Waals surface area contributed by atoms with Crippen LogP contribution in [-0.2, 0) is 13.1 Å². The quantitative estimate of drug-likeness (QED) is 0.532. The van der Waals surface area contributed by atoms with E-state index < -0.39 is 0 Å². The molecule has 8 heteroatoms. The van der Waals surface area contributed by atoms with Crippen LogP contribution in [0.25, 0.3) is 11.0 Å². The summed E-state index contributed by atoms with van der Waals surface area (Å²) in [6.07, 6.45) is 3.03. The maximum atomic E-state index is 12.8. The van der Waals surface area contributed by atoms with E-state index in [1.165, 1.54) is 17.1 Å². The Morgan fingerprint density at radius 3 is 2.59 bits per heavy atom. The Morgan fingerprint density at radius 1 is 1.07 bits per heavy atom. The Bertz CT molecular complexity index is 1200. The number of rotatable bonds is 6. The fourth-order valence-electron chi connectivity index (χ4n) is 3.03. The summed E-state index contributed by atoms with van der Waals surface area (Å²) >= 11 is 5.90. The van der Waals surface area contributed by atoms with Crippen LogP contribution < -0.4 is 10.9 Å². The summed E-state index contributed by atoms with van der Waals surface area (Å²) in [5.74, 6) is -0.152. The molecule has 2 heterocycles. The molecule has 0 aliphatic heterocycles. The lowest BCUT2D eigenvalue weighted by molar-refractivity contribution is 0.0952. The zero-order valence-corrected chi connectivity index (χ0v) is 16.2. The van der Waals surface area contributed by atoms with E-state index in [0.717, 1.165) is 5.56 Å². The zero-order valence-electron chi connectivity index (χ0n) is 15.5. The van der Waals surface area contributed by atoms with Gasteiger partial charge in [-0.2, -0.15) is 5.10 Å². The Hall–Kier alpha value is -3.45. The first kappa shape index (κ1) is 18.9. The minimum absolute atomic E-state index is 0.152. The topological polar surface area (TPSA) is 81.8 Å². The third-order valence-corrected chi connectivity index (χ3v) is 4.79. The molecule has 1 amide bonds. The SMILES string of the molecule is O=C(NCCn1ncc2c(=O)n(Cc3ccc(Cl)cc3)cnc21)c1ccccc1. The number of hydrogen-bond acceptors (Lipinski definition) is 4. The highest BCUT2D eigenvalue weighted by Crippen LogP contribution is 2.11. The number of amides is 1. The first-order valence-corrected chi connectivity index (χ1v) is 9.48. The van der Waals surface area contributed by atoms with Crippen LogP contribution in [0.1, 0.15) is 15.9 Å². The van der Waals surface area contributed by atoms with Crippen molar-refractivity contribution >= 4 is 28.5 Å². The fourth-order valence-corrected chi connectivity index (χ4v) is 3.15. The highest BCUT2D eigenvalue weighted by Gasteiger charge is 2.11. The molecule has 0 fully saturated rings. The van der Waals surface area contributed by atoms with Crippen LogP contribution in [0.15, 0.2) is 71.9 Å². The van der Waals surface area contributed by atoms with Crippen molar-refractivity contribution in [2.24, 2.45) is 0 Å². The molecule has 2 aromatic heterocycles. The van der Waals surface area contributed by atoms with E-state index in [1.807, 2.05) is 30.3 Å². The van der Waals surface area contributed by atoms with Crippen molar-refractivity contribution in [3.63, 3.8) is 0 Å². The molecule has 4 aromatic rings. The van der Waals surface area contributed by atoms with E-state index in [0.29, 0.717) is 41.3 Å². The Labute approximate surface area is 171 Å². The van der Waals surface area contributed by atoms with Crippen molar-refractivity contribution in [3.05, 3.63) is 93.6 Å². The molecule has 146 valence electrons. The van der Waals surface area contributed by atoms with Gasteiger partial charge in [-0.25, -0.2) is 9.67 Å². The summed E-state index contributed by atoms with van der Waals surface area (Å²) in [6, 6.07) is 16.3. The number of carbonyl (C=O) groups excluding carboxylic acids is 1. The number of hydrogen-bond donors (Lipinski definition) is 1. The Balaban J connectivity index is 1.46. The summed E-state index contributed by atoms with van der Waals surface area (Å²) in [5.41, 5.74) is 1.88. The number of benzene rings is 2. The molecule has 29 heavy (non-hydrogen) atoms. The molecule has 2 aromatic carbocycles. The number of nitrogens with one attached hydrogen (secondary N) is 1. The molecule has 0 aliphatic rings. The van der Waals surface area contributed by atoms with Crippen LogP contribution in [-0.4, -0.2) is 31.8 Å². The van der Waals surface area contributed by atoms with Crippen molar-refractivity contribution in [2.75, 3.05) is 6.54 Å². The molecule has 0 spiro atoms. The zero-order chi connectivity index (χ0) is 20.2. The van der Waals surface area contributed by atoms with Crippen molar-refractivity contribution in [3.8, 4) is 0 Å². The van der Waals surface area contributed by atoms with Gasteiger partial charge in [-0.05, 0) is 29.8 Å². The van der Waals surface area contributed by atoms with Crippen LogP contribution in [0.5, 0.6) is 0 Å². The maximum absolute atomic E-state index is 12.8. The van der Waals surface area contributed by atoms with Crippen LogP contribution >= 0.6 is 11.6 Å². The van der Waals surface area contributed by atoms with Gasteiger partial charge in [0.15, 0.2) is 5.65 Å². The third kappa shape index (κ3) is 4.20. The second kappa shape index (κ2) is 8.28. The van der Waals surface area contributed by atoms with E-state index in [9.17, 15) is 9.59 Å². The molecule has 0 radical (unpaired) electrons. The number of fused-ring (bicyclic) bond motifs is 1. The molecule has 0 bridgehead atoms. The molecule has 1 N–H and O–H groups in total. The summed E-state index contributed by atoms with van der Waals surface area (Å²) < 4.78 is 3.16. The predicted octanol–water partition coefficient (Wildman–Crippen LogP) is 2.72. The monoisotopic (exact) mass is 407 g/mol. The van der Waals surface area contributed by atoms with Crippen LogP contribution in [0, 0.1) is 0 Å². The van der Waals surface area contributed by atoms with Gasteiger partial charge >= 0.3 is 0 Å². The van der Waals surface area contributed by atoms with Gasteiger partial charge in [-0.3, -0.25) is 14.2 Å². The van der Waals surface area contributed by atoms with E-state index in [-0.39, 0.29) is 11.5 Å². The third-order valence-electron chi connectivity index (χ3n) is 4.53. The lowest BCUT2D eigenvalue weighted by Crippen LogP contribution is -2.27. The first-order chi connectivity index (χ1) is 14.1. The molecular weight excluding hydrogens is 390 g/mol. The number of carbonyl (C=O) groups is 1. The lowest BCUT2D eigenvalue weighted by atomic mass is 10.2. The molecule has 0 saturated carbocycles. The smallest absolute Gasteiger partial charge is 0.264 e. The Kier molecular flexibility index (Phi) is 5.39. The fraction of sp³-hybridized carbons (Fsp3) is 0.143. The summed E-state index contributed by atoms with van der Waals surface area (Å²) in [4.78, 5) is 29.3. The molecule has 4 rings (SSSR count). The Morgan fingerprint density at radius 2 is 1.83 bits per heavy atom. The first-order valence-electron chi connectivity index (χ1n) is 9.10. The number of aromatic nitrogens is 4. The predicted molar refractivity (Wildman–Crippen MR) is 111 cm³/mol. The van der Waals surface area contributed by atoms with E-state index in [2.05, 4.69) is 15.4 Å². The van der Waals surface area contributed by atoms with Crippen molar-refractivity contribution in [1.29, 1.82) is 0 Å². The molecule has 0 saturated heterocycles. The lowest BCUT2D eigenvalue weighted by Gasteiger charge is -2.08. The van der Waals surface area contributed by atoms with Crippen molar-refractivity contribution < 1.29 is 4.79 Å². The minimum Gasteiger partial charge on any atom is -0.350 e. The van der Waals surface area contributed by atoms with Gasteiger partial charge in [0.25, 0.3) is 11.5 Å². The number of halogens is 1. The molecule has 0 aliphatic carbocycles. The van der Waals surface area contributed by atoms with Gasteiger partial charge in [0.1, 0.15) is 11.7 Å². The average molecular weight is 408 g/mol. The van der Waals surface area contributed by atoms with Gasteiger partial charge in [0.2, 0.25) is 0 Å². The van der Waals surface area contributed by atoms with Gasteiger partial charge in [0.05, 0.1) is 19.3 Å². The summed E-state index contributed by atoms with van der Waals surface area (Å²) in [6.45, 7) is 1.19. The standard InChI is InChI=1S/C21H18ClN5O2/c22-17-8-6-15(7-9-17)13-26-14-24-19-18(21(26)29)12-25-27(19)11-10-23-20(28)16-4-2-1-3-5-16/h1-9,12,14H,10-11,13H2,(H,23,28). The largest absolute Gasteiger partial charge is 0.350 e. The van der Waals surface area contributed by atoms with Crippen molar-refractivity contribution in [1.82, 2.24) is 24.6 Å². The molecular formula is C21H18ClN5O2. The van der Waals surface area contributed by atoms with E-state index in [4.69, 9.17) is 11.6 Å². The van der Waals surface area contributed by atoms with Gasteiger partial charge in [0, 0.05) is 17.1 Å². The molecule has 0 unspecified atom stereocenters.